The molecule has 2 heterocycles. The average molecular weight is 338 g/mol. The minimum Gasteiger partial charge on any atom is -0.352 e. The number of hydrogen-bond donors (Lipinski definition) is 2. The molecule has 1 amide bonds. The quantitative estimate of drug-likeness (QED) is 0.866. The molecule has 3 rings (SSSR count). The third-order valence-electron chi connectivity index (χ3n) is 3.93. The Kier molecular flexibility index (Phi) is 3.93. The van der Waals surface area contributed by atoms with Crippen LogP contribution in [-0.4, -0.2) is 37.4 Å². The molecule has 1 aromatic heterocycles. The van der Waals surface area contributed by atoms with Gasteiger partial charge in [-0.2, -0.15) is 0 Å². The molecule has 1 atom stereocenters. The second-order valence-electron chi connectivity index (χ2n) is 5.72. The van der Waals surface area contributed by atoms with Crippen LogP contribution in [0, 0.1) is 11.7 Å². The van der Waals surface area contributed by atoms with Gasteiger partial charge in [-0.15, -0.1) is 0 Å². The summed E-state index contributed by atoms with van der Waals surface area (Å²) in [5, 5.41) is 2.95. The lowest BCUT2D eigenvalue weighted by Crippen LogP contribution is -2.30. The van der Waals surface area contributed by atoms with Crippen molar-refractivity contribution in [3.05, 3.63) is 46.0 Å². The summed E-state index contributed by atoms with van der Waals surface area (Å²) in [7, 11) is -3.01. The number of rotatable bonds is 3. The minimum absolute atomic E-state index is 0.0536. The van der Waals surface area contributed by atoms with Crippen LogP contribution in [-0.2, 0) is 9.84 Å². The Bertz CT molecular complexity index is 936. The zero-order valence-electron chi connectivity index (χ0n) is 12.1. The van der Waals surface area contributed by atoms with E-state index in [-0.39, 0.29) is 29.5 Å². The first-order chi connectivity index (χ1) is 10.8. The lowest BCUT2D eigenvalue weighted by Gasteiger charge is -2.11. The van der Waals surface area contributed by atoms with Crippen LogP contribution in [0.4, 0.5) is 4.39 Å². The zero-order chi connectivity index (χ0) is 16.6. The van der Waals surface area contributed by atoms with Crippen molar-refractivity contribution in [1.82, 2.24) is 10.3 Å². The van der Waals surface area contributed by atoms with Crippen LogP contribution in [0.3, 0.4) is 0 Å². The van der Waals surface area contributed by atoms with E-state index in [0.717, 1.165) is 6.07 Å². The number of aromatic amines is 1. The standard InChI is InChI=1S/C15H15FN2O4S/c16-10-1-2-13-11(5-10)12(6-14(19)18-13)15(20)17-7-9-3-4-23(21,22)8-9/h1-2,5-6,9H,3-4,7-8H2,(H,17,20)(H,18,19)/t9-/m1/s1. The third-order valence-corrected chi connectivity index (χ3v) is 5.76. The molecule has 0 unspecified atom stereocenters. The second kappa shape index (κ2) is 5.77. The van der Waals surface area contributed by atoms with E-state index in [4.69, 9.17) is 0 Å². The third kappa shape index (κ3) is 3.42. The number of hydrogen-bond acceptors (Lipinski definition) is 4. The summed E-state index contributed by atoms with van der Waals surface area (Å²) in [6.45, 7) is 0.210. The largest absolute Gasteiger partial charge is 0.352 e. The molecule has 0 aliphatic carbocycles. The molecule has 1 aliphatic heterocycles. The maximum atomic E-state index is 13.4. The molecule has 0 bridgehead atoms. The Balaban J connectivity index is 1.83. The average Bonchev–Trinajstić information content (AvgIpc) is 2.84. The summed E-state index contributed by atoms with van der Waals surface area (Å²) in [4.78, 5) is 26.5. The van der Waals surface area contributed by atoms with Crippen LogP contribution >= 0.6 is 0 Å². The van der Waals surface area contributed by atoms with Gasteiger partial charge in [0.15, 0.2) is 9.84 Å². The van der Waals surface area contributed by atoms with Gasteiger partial charge in [0.1, 0.15) is 5.82 Å². The molecule has 122 valence electrons. The normalized spacial score (nSPS) is 19.8. The summed E-state index contributed by atoms with van der Waals surface area (Å²) in [6.07, 6.45) is 0.507. The van der Waals surface area contributed by atoms with Crippen LogP contribution in [0.15, 0.2) is 29.1 Å². The molecule has 1 fully saturated rings. The zero-order valence-corrected chi connectivity index (χ0v) is 13.0. The van der Waals surface area contributed by atoms with Crippen LogP contribution in [0.1, 0.15) is 16.8 Å². The van der Waals surface area contributed by atoms with Crippen molar-refractivity contribution in [2.45, 2.75) is 6.42 Å². The maximum Gasteiger partial charge on any atom is 0.252 e. The molecule has 6 nitrogen and oxygen atoms in total. The van der Waals surface area contributed by atoms with Gasteiger partial charge < -0.3 is 10.3 Å². The smallest absolute Gasteiger partial charge is 0.252 e. The molecule has 23 heavy (non-hydrogen) atoms. The molecular weight excluding hydrogens is 323 g/mol. The number of halogens is 1. The number of amides is 1. The first kappa shape index (κ1) is 15.7. The summed E-state index contributed by atoms with van der Waals surface area (Å²) < 4.78 is 36.2. The van der Waals surface area contributed by atoms with Gasteiger partial charge in [-0.05, 0) is 30.5 Å². The fourth-order valence-corrected chi connectivity index (χ4v) is 4.64. The summed E-state index contributed by atoms with van der Waals surface area (Å²) >= 11 is 0. The fraction of sp³-hybridized carbons (Fsp3) is 0.333. The van der Waals surface area contributed by atoms with Crippen molar-refractivity contribution in [2.75, 3.05) is 18.1 Å². The van der Waals surface area contributed by atoms with E-state index in [2.05, 4.69) is 10.3 Å². The molecular formula is C15H15FN2O4S. The molecule has 0 radical (unpaired) electrons. The monoisotopic (exact) mass is 338 g/mol. The first-order valence-electron chi connectivity index (χ1n) is 7.15. The van der Waals surface area contributed by atoms with Gasteiger partial charge in [-0.3, -0.25) is 9.59 Å². The highest BCUT2D eigenvalue weighted by atomic mass is 32.2. The summed E-state index contributed by atoms with van der Waals surface area (Å²) in [6, 6.07) is 4.89. The SMILES string of the molecule is O=C(NC[C@H]1CCS(=O)(=O)C1)c1cc(=O)[nH]c2ccc(F)cc12. The lowest BCUT2D eigenvalue weighted by molar-refractivity contribution is 0.0950. The molecule has 0 saturated carbocycles. The number of carbonyl (C=O) groups is 1. The van der Waals surface area contributed by atoms with E-state index in [1.807, 2.05) is 0 Å². The number of H-pyrrole nitrogens is 1. The van der Waals surface area contributed by atoms with E-state index in [1.165, 1.54) is 18.2 Å². The molecule has 1 saturated heterocycles. The fourth-order valence-electron chi connectivity index (χ4n) is 2.78. The van der Waals surface area contributed by atoms with Crippen LogP contribution in [0.5, 0.6) is 0 Å². The van der Waals surface area contributed by atoms with Crippen molar-refractivity contribution in [3.8, 4) is 0 Å². The van der Waals surface area contributed by atoms with E-state index in [0.29, 0.717) is 17.3 Å². The number of aromatic nitrogens is 1. The van der Waals surface area contributed by atoms with Crippen LogP contribution < -0.4 is 10.9 Å². The highest BCUT2D eigenvalue weighted by Gasteiger charge is 2.28. The van der Waals surface area contributed by atoms with Crippen molar-refractivity contribution in [1.29, 1.82) is 0 Å². The summed E-state index contributed by atoms with van der Waals surface area (Å²) in [5.74, 6) is -0.976. The van der Waals surface area contributed by atoms with Crippen LogP contribution in [0.2, 0.25) is 0 Å². The van der Waals surface area contributed by atoms with E-state index in [1.54, 1.807) is 0 Å². The number of carbonyl (C=O) groups excluding carboxylic acids is 1. The van der Waals surface area contributed by atoms with E-state index in [9.17, 15) is 22.4 Å². The first-order valence-corrected chi connectivity index (χ1v) is 8.97. The number of nitrogens with one attached hydrogen (secondary N) is 2. The Morgan fingerprint density at radius 2 is 2.13 bits per heavy atom. The van der Waals surface area contributed by atoms with Gasteiger partial charge in [0.05, 0.1) is 17.1 Å². The van der Waals surface area contributed by atoms with Crippen molar-refractivity contribution in [3.63, 3.8) is 0 Å². The molecule has 2 N–H and O–H groups in total. The Morgan fingerprint density at radius 3 is 2.83 bits per heavy atom. The highest BCUT2D eigenvalue weighted by molar-refractivity contribution is 7.91. The molecule has 1 aliphatic rings. The Labute approximate surface area is 131 Å². The highest BCUT2D eigenvalue weighted by Crippen LogP contribution is 2.19. The van der Waals surface area contributed by atoms with Gasteiger partial charge >= 0.3 is 0 Å². The summed E-state index contributed by atoms with van der Waals surface area (Å²) in [5.41, 5.74) is -0.0192. The van der Waals surface area contributed by atoms with E-state index < -0.39 is 27.1 Å². The van der Waals surface area contributed by atoms with Gasteiger partial charge in [0.2, 0.25) is 5.56 Å². The maximum absolute atomic E-state index is 13.4. The predicted octanol–water partition coefficient (Wildman–Crippen LogP) is 0.832. The topological polar surface area (TPSA) is 96.1 Å². The lowest BCUT2D eigenvalue weighted by atomic mass is 10.1. The predicted molar refractivity (Wildman–Crippen MR) is 83.6 cm³/mol. The Morgan fingerprint density at radius 1 is 1.35 bits per heavy atom. The van der Waals surface area contributed by atoms with E-state index >= 15 is 0 Å². The molecule has 8 heteroatoms. The van der Waals surface area contributed by atoms with Crippen molar-refractivity contribution >= 4 is 26.6 Å². The number of sulfone groups is 1. The van der Waals surface area contributed by atoms with Gasteiger partial charge in [0.25, 0.3) is 5.91 Å². The van der Waals surface area contributed by atoms with Gasteiger partial charge in [-0.1, -0.05) is 0 Å². The molecule has 2 aromatic rings. The number of pyridine rings is 1. The molecule has 1 aromatic carbocycles. The number of fused-ring (bicyclic) bond motifs is 1. The van der Waals surface area contributed by atoms with Crippen LogP contribution in [0.25, 0.3) is 10.9 Å². The van der Waals surface area contributed by atoms with Gasteiger partial charge in [-0.25, -0.2) is 12.8 Å². The van der Waals surface area contributed by atoms with Crippen molar-refractivity contribution < 1.29 is 17.6 Å². The van der Waals surface area contributed by atoms with Gasteiger partial charge in [0, 0.05) is 23.5 Å². The minimum atomic E-state index is -3.01. The number of benzene rings is 1. The Hall–Kier alpha value is -2.22. The molecule has 0 spiro atoms. The van der Waals surface area contributed by atoms with Crippen molar-refractivity contribution in [2.24, 2.45) is 5.92 Å². The second-order valence-corrected chi connectivity index (χ2v) is 7.94.